The first-order valence-corrected chi connectivity index (χ1v) is 12.2. The fourth-order valence-corrected chi connectivity index (χ4v) is 4.72. The van der Waals surface area contributed by atoms with Crippen molar-refractivity contribution in [1.82, 2.24) is 10.3 Å². The minimum Gasteiger partial charge on any atom is -0.435 e. The molecule has 0 saturated carbocycles. The third kappa shape index (κ3) is 4.12. The Balaban J connectivity index is 1.83. The minimum absolute atomic E-state index is 0.0583. The number of carbonyl (C=O) groups excluding carboxylic acids is 2. The van der Waals surface area contributed by atoms with Crippen LogP contribution in [0.2, 0.25) is 0 Å². The maximum absolute atomic E-state index is 14.7. The van der Waals surface area contributed by atoms with Gasteiger partial charge in [-0.05, 0) is 24.3 Å². The number of sulfone groups is 1. The van der Waals surface area contributed by atoms with E-state index in [1.807, 2.05) is 0 Å². The lowest BCUT2D eigenvalue weighted by Crippen LogP contribution is -2.46. The number of halogens is 1. The molecule has 0 bridgehead atoms. The Hall–Kier alpha value is -3.79. The van der Waals surface area contributed by atoms with Crippen LogP contribution in [0.15, 0.2) is 59.5 Å². The number of aromatic nitrogens is 1. The van der Waals surface area contributed by atoms with E-state index in [-0.39, 0.29) is 16.5 Å². The van der Waals surface area contributed by atoms with Crippen LogP contribution in [0.25, 0.3) is 11.3 Å². The number of nitrogens with one attached hydrogen (secondary N) is 1. The first-order valence-electron chi connectivity index (χ1n) is 10.3. The molecule has 1 aromatic heterocycles. The van der Waals surface area contributed by atoms with E-state index in [1.165, 1.54) is 24.3 Å². The Morgan fingerprint density at radius 2 is 1.74 bits per heavy atom. The summed E-state index contributed by atoms with van der Waals surface area (Å²) in [6.45, 7) is 3.25. The number of imide groups is 1. The summed E-state index contributed by atoms with van der Waals surface area (Å²) in [6, 6.07) is 13.0. The SMILES string of the molecule is CC(C)(C(=O)NC(N)=O)[C@@H]1c2ccc(-c3ccc(S(C)(=O)=O)cc3)nc2Oc2c(F)cccc21. The number of fused-ring (bicyclic) bond motifs is 2. The Kier molecular flexibility index (Phi) is 5.64. The van der Waals surface area contributed by atoms with Gasteiger partial charge in [0.2, 0.25) is 11.8 Å². The molecule has 0 saturated heterocycles. The zero-order chi connectivity index (χ0) is 24.8. The third-order valence-electron chi connectivity index (χ3n) is 5.83. The lowest BCUT2D eigenvalue weighted by atomic mass is 9.69. The number of urea groups is 1. The molecule has 3 aromatic rings. The number of hydrogen-bond acceptors (Lipinski definition) is 6. The first-order chi connectivity index (χ1) is 15.9. The molecule has 2 heterocycles. The van der Waals surface area contributed by atoms with Gasteiger partial charge in [0.15, 0.2) is 21.4 Å². The second-order valence-electron chi connectivity index (χ2n) is 8.62. The molecule has 0 spiro atoms. The number of benzene rings is 2. The van der Waals surface area contributed by atoms with Gasteiger partial charge < -0.3 is 10.5 Å². The number of hydrogen-bond donors (Lipinski definition) is 2. The van der Waals surface area contributed by atoms with E-state index in [4.69, 9.17) is 10.5 Å². The summed E-state index contributed by atoms with van der Waals surface area (Å²) in [6.07, 6.45) is 1.12. The number of carbonyl (C=O) groups is 2. The molecular formula is C24H22FN3O5S. The number of pyridine rings is 1. The Bertz CT molecular complexity index is 1420. The summed E-state index contributed by atoms with van der Waals surface area (Å²) >= 11 is 0. The van der Waals surface area contributed by atoms with Crippen LogP contribution >= 0.6 is 0 Å². The number of para-hydroxylation sites is 1. The van der Waals surface area contributed by atoms with Gasteiger partial charge >= 0.3 is 6.03 Å². The van der Waals surface area contributed by atoms with Crippen molar-refractivity contribution in [3.8, 4) is 22.9 Å². The fourth-order valence-electron chi connectivity index (χ4n) is 4.09. The second kappa shape index (κ2) is 8.21. The topological polar surface area (TPSA) is 128 Å². The number of rotatable bonds is 4. The zero-order valence-electron chi connectivity index (χ0n) is 18.6. The summed E-state index contributed by atoms with van der Waals surface area (Å²) in [5.41, 5.74) is 5.98. The molecule has 10 heteroatoms. The number of nitrogens with two attached hydrogens (primary N) is 1. The van der Waals surface area contributed by atoms with Crippen LogP contribution in [0.5, 0.6) is 11.6 Å². The largest absolute Gasteiger partial charge is 0.435 e. The predicted molar refractivity (Wildman–Crippen MR) is 123 cm³/mol. The van der Waals surface area contributed by atoms with E-state index in [0.29, 0.717) is 22.4 Å². The van der Waals surface area contributed by atoms with Crippen molar-refractivity contribution < 1.29 is 27.1 Å². The molecule has 0 radical (unpaired) electrons. The average Bonchev–Trinajstić information content (AvgIpc) is 2.76. The van der Waals surface area contributed by atoms with Crippen molar-refractivity contribution in [2.45, 2.75) is 24.7 Å². The summed E-state index contributed by atoms with van der Waals surface area (Å²) in [5.74, 6) is -1.91. The summed E-state index contributed by atoms with van der Waals surface area (Å²) in [4.78, 5) is 28.9. The molecule has 4 rings (SSSR count). The summed E-state index contributed by atoms with van der Waals surface area (Å²) in [7, 11) is -3.35. The Morgan fingerprint density at radius 1 is 1.06 bits per heavy atom. The van der Waals surface area contributed by atoms with Crippen LogP contribution in [-0.4, -0.2) is 31.6 Å². The van der Waals surface area contributed by atoms with E-state index in [0.717, 1.165) is 6.26 Å². The highest BCUT2D eigenvalue weighted by molar-refractivity contribution is 7.90. The molecule has 0 fully saturated rings. The van der Waals surface area contributed by atoms with Crippen molar-refractivity contribution in [3.63, 3.8) is 0 Å². The van der Waals surface area contributed by atoms with Crippen molar-refractivity contribution in [2.75, 3.05) is 6.26 Å². The Morgan fingerprint density at radius 3 is 2.35 bits per heavy atom. The van der Waals surface area contributed by atoms with Crippen LogP contribution in [0.4, 0.5) is 9.18 Å². The van der Waals surface area contributed by atoms with Crippen molar-refractivity contribution in [1.29, 1.82) is 0 Å². The fraction of sp³-hybridized carbons (Fsp3) is 0.208. The monoisotopic (exact) mass is 483 g/mol. The highest BCUT2D eigenvalue weighted by Crippen LogP contribution is 2.52. The highest BCUT2D eigenvalue weighted by atomic mass is 32.2. The van der Waals surface area contributed by atoms with Crippen molar-refractivity contribution in [3.05, 3.63) is 71.5 Å². The minimum atomic E-state index is -3.35. The van der Waals surface area contributed by atoms with Gasteiger partial charge in [0.05, 0.1) is 16.0 Å². The van der Waals surface area contributed by atoms with E-state index < -0.39 is 38.9 Å². The molecule has 0 aliphatic carbocycles. The molecule has 34 heavy (non-hydrogen) atoms. The smallest absolute Gasteiger partial charge is 0.318 e. The molecule has 1 aliphatic rings. The second-order valence-corrected chi connectivity index (χ2v) is 10.6. The van der Waals surface area contributed by atoms with Crippen molar-refractivity contribution >= 4 is 21.8 Å². The maximum atomic E-state index is 14.7. The number of ether oxygens (including phenoxy) is 1. The maximum Gasteiger partial charge on any atom is 0.318 e. The van der Waals surface area contributed by atoms with Crippen molar-refractivity contribution in [2.24, 2.45) is 11.1 Å². The third-order valence-corrected chi connectivity index (χ3v) is 6.96. The standard InChI is InChI=1S/C24H22FN3O5S/c1-24(2,22(29)28-23(26)30)19-15-5-4-6-17(25)20(15)33-21-16(19)11-12-18(27-21)13-7-9-14(10-8-13)34(3,31)32/h4-12,19H,1-3H3,(H3,26,28,29,30)/t19-/m0/s1. The Labute approximate surface area is 195 Å². The number of amides is 3. The molecule has 176 valence electrons. The summed E-state index contributed by atoms with van der Waals surface area (Å²) < 4.78 is 44.0. The molecule has 2 aromatic carbocycles. The van der Waals surface area contributed by atoms with Crippen LogP contribution in [0, 0.1) is 11.2 Å². The molecule has 3 N–H and O–H groups in total. The molecule has 8 nitrogen and oxygen atoms in total. The number of primary amides is 1. The lowest BCUT2D eigenvalue weighted by molar-refractivity contribution is -0.128. The van der Waals surface area contributed by atoms with Gasteiger partial charge in [0.1, 0.15) is 0 Å². The first kappa shape index (κ1) is 23.4. The van der Waals surface area contributed by atoms with E-state index in [9.17, 15) is 22.4 Å². The van der Waals surface area contributed by atoms with Gasteiger partial charge in [-0.25, -0.2) is 22.6 Å². The molecular weight excluding hydrogens is 461 g/mol. The van der Waals surface area contributed by atoms with Gasteiger partial charge in [-0.3, -0.25) is 10.1 Å². The van der Waals surface area contributed by atoms with E-state index >= 15 is 0 Å². The van der Waals surface area contributed by atoms with Gasteiger partial charge in [-0.15, -0.1) is 0 Å². The highest BCUT2D eigenvalue weighted by Gasteiger charge is 2.45. The molecule has 3 amide bonds. The summed E-state index contributed by atoms with van der Waals surface area (Å²) in [5, 5.41) is 2.11. The van der Waals surface area contributed by atoms with E-state index in [2.05, 4.69) is 10.3 Å². The average molecular weight is 484 g/mol. The van der Waals surface area contributed by atoms with Crippen LogP contribution in [0.1, 0.15) is 30.9 Å². The molecule has 1 atom stereocenters. The van der Waals surface area contributed by atoms with Gasteiger partial charge in [0.25, 0.3) is 0 Å². The lowest BCUT2D eigenvalue weighted by Gasteiger charge is -2.37. The zero-order valence-corrected chi connectivity index (χ0v) is 19.4. The van der Waals surface area contributed by atoms with Gasteiger partial charge in [-0.1, -0.05) is 44.2 Å². The number of nitrogens with zero attached hydrogens (tertiary/aromatic N) is 1. The van der Waals surface area contributed by atoms with Crippen LogP contribution in [0.3, 0.4) is 0 Å². The van der Waals surface area contributed by atoms with Crippen LogP contribution in [-0.2, 0) is 14.6 Å². The van der Waals surface area contributed by atoms with Gasteiger partial charge in [0, 0.05) is 28.9 Å². The van der Waals surface area contributed by atoms with E-state index in [1.54, 1.807) is 44.2 Å². The van der Waals surface area contributed by atoms with Crippen LogP contribution < -0.4 is 15.8 Å². The molecule has 1 aliphatic heterocycles. The molecule has 0 unspecified atom stereocenters. The quantitative estimate of drug-likeness (QED) is 0.582. The van der Waals surface area contributed by atoms with Gasteiger partial charge in [-0.2, -0.15) is 0 Å². The predicted octanol–water partition coefficient (Wildman–Crippen LogP) is 3.75. The normalized spacial score (nSPS) is 15.0.